The number of nitrogens with two attached hydrogens (primary N) is 1. The van der Waals surface area contributed by atoms with Crippen LogP contribution in [0, 0.1) is 6.92 Å². The Bertz CT molecular complexity index is 1110. The molecule has 0 aliphatic carbocycles. The van der Waals surface area contributed by atoms with Crippen molar-refractivity contribution < 1.29 is 18.0 Å². The highest BCUT2D eigenvalue weighted by atomic mass is 32.2. The molecule has 1 fully saturated rings. The van der Waals surface area contributed by atoms with E-state index in [1.54, 1.807) is 19.1 Å². The van der Waals surface area contributed by atoms with Gasteiger partial charge in [0.05, 0.1) is 5.75 Å². The Morgan fingerprint density at radius 1 is 1.09 bits per heavy atom. The molecule has 1 heterocycles. The summed E-state index contributed by atoms with van der Waals surface area (Å²) in [5.74, 6) is -0.646. The molecule has 1 atom stereocenters. The minimum Gasteiger partial charge on any atom is -0.349 e. The van der Waals surface area contributed by atoms with Crippen molar-refractivity contribution in [3.8, 4) is 0 Å². The molecule has 1 aliphatic heterocycles. The first-order valence-corrected chi connectivity index (χ1v) is 12.6. The average Bonchev–Trinajstić information content (AvgIpc) is 3.24. The Kier molecular flexibility index (Phi) is 8.06. The number of amides is 3. The molecule has 2 aromatic carbocycles. The van der Waals surface area contributed by atoms with Gasteiger partial charge in [-0.15, -0.1) is 0 Å². The molecule has 178 valence electrons. The third-order valence-corrected chi connectivity index (χ3v) is 7.43. The molecule has 0 aromatic heterocycles. The highest BCUT2D eigenvalue weighted by Crippen LogP contribution is 2.22. The van der Waals surface area contributed by atoms with Gasteiger partial charge in [0.1, 0.15) is 0 Å². The SMILES string of the molecule is CCCS(=O)(=O)N1CCN(C(=O)Nc2cccc(C)c2)C1C(=O)NCc1cccc(CN)c1. The van der Waals surface area contributed by atoms with E-state index in [9.17, 15) is 18.0 Å². The molecule has 0 bridgehead atoms. The average molecular weight is 474 g/mol. The van der Waals surface area contributed by atoms with Crippen LogP contribution in [-0.2, 0) is 27.9 Å². The molecule has 10 heteroatoms. The number of hydrogen-bond donors (Lipinski definition) is 3. The number of anilines is 1. The Morgan fingerprint density at radius 3 is 2.52 bits per heavy atom. The van der Waals surface area contributed by atoms with Gasteiger partial charge in [-0.3, -0.25) is 9.69 Å². The van der Waals surface area contributed by atoms with E-state index >= 15 is 0 Å². The highest BCUT2D eigenvalue weighted by molar-refractivity contribution is 7.89. The van der Waals surface area contributed by atoms with Crippen LogP contribution in [0.15, 0.2) is 48.5 Å². The van der Waals surface area contributed by atoms with Crippen molar-refractivity contribution in [2.24, 2.45) is 5.73 Å². The Morgan fingerprint density at radius 2 is 1.82 bits per heavy atom. The Balaban J connectivity index is 1.81. The molecular weight excluding hydrogens is 442 g/mol. The molecular formula is C23H31N5O4S. The van der Waals surface area contributed by atoms with E-state index in [2.05, 4.69) is 10.6 Å². The number of rotatable bonds is 8. The van der Waals surface area contributed by atoms with Crippen molar-refractivity contribution in [1.82, 2.24) is 14.5 Å². The topological polar surface area (TPSA) is 125 Å². The van der Waals surface area contributed by atoms with Crippen LogP contribution in [0.5, 0.6) is 0 Å². The van der Waals surface area contributed by atoms with Crippen molar-refractivity contribution in [2.45, 2.75) is 39.5 Å². The zero-order valence-corrected chi connectivity index (χ0v) is 19.8. The van der Waals surface area contributed by atoms with Crippen LogP contribution in [0.25, 0.3) is 0 Å². The van der Waals surface area contributed by atoms with Crippen molar-refractivity contribution in [3.63, 3.8) is 0 Å². The van der Waals surface area contributed by atoms with Gasteiger partial charge in [0.2, 0.25) is 10.0 Å². The summed E-state index contributed by atoms with van der Waals surface area (Å²) in [5.41, 5.74) is 8.99. The lowest BCUT2D eigenvalue weighted by Crippen LogP contribution is -2.54. The fraction of sp³-hybridized carbons (Fsp3) is 0.391. The number of urea groups is 1. The Labute approximate surface area is 195 Å². The minimum atomic E-state index is -3.71. The van der Waals surface area contributed by atoms with E-state index in [1.165, 1.54) is 4.90 Å². The lowest BCUT2D eigenvalue weighted by Gasteiger charge is -2.28. The third kappa shape index (κ3) is 6.10. The van der Waals surface area contributed by atoms with Gasteiger partial charge in [0.25, 0.3) is 5.91 Å². The summed E-state index contributed by atoms with van der Waals surface area (Å²) in [7, 11) is -3.71. The van der Waals surface area contributed by atoms with Gasteiger partial charge >= 0.3 is 6.03 Å². The van der Waals surface area contributed by atoms with Gasteiger partial charge < -0.3 is 16.4 Å². The summed E-state index contributed by atoms with van der Waals surface area (Å²) >= 11 is 0. The largest absolute Gasteiger partial charge is 0.349 e. The summed E-state index contributed by atoms with van der Waals surface area (Å²) in [6.07, 6.45) is -0.849. The fourth-order valence-electron chi connectivity index (χ4n) is 3.82. The number of hydrogen-bond acceptors (Lipinski definition) is 5. The number of carbonyl (C=O) groups is 2. The summed E-state index contributed by atoms with van der Waals surface area (Å²) in [4.78, 5) is 27.5. The van der Waals surface area contributed by atoms with E-state index in [-0.39, 0.29) is 25.4 Å². The molecule has 3 amide bonds. The number of carbonyl (C=O) groups excluding carboxylic acids is 2. The van der Waals surface area contributed by atoms with Crippen LogP contribution in [0.3, 0.4) is 0 Å². The number of aryl methyl sites for hydroxylation is 1. The zero-order chi connectivity index (χ0) is 24.0. The van der Waals surface area contributed by atoms with Crippen molar-refractivity contribution in [2.75, 3.05) is 24.2 Å². The van der Waals surface area contributed by atoms with Gasteiger partial charge in [-0.1, -0.05) is 43.3 Å². The van der Waals surface area contributed by atoms with Gasteiger partial charge in [-0.25, -0.2) is 13.2 Å². The second-order valence-corrected chi connectivity index (χ2v) is 10.1. The number of benzene rings is 2. The molecule has 4 N–H and O–H groups in total. The molecule has 1 aliphatic rings. The zero-order valence-electron chi connectivity index (χ0n) is 19.0. The van der Waals surface area contributed by atoms with Crippen LogP contribution in [-0.4, -0.2) is 54.6 Å². The van der Waals surface area contributed by atoms with Gasteiger partial charge in [0, 0.05) is 31.9 Å². The summed E-state index contributed by atoms with van der Waals surface area (Å²) < 4.78 is 26.8. The van der Waals surface area contributed by atoms with E-state index < -0.39 is 28.1 Å². The normalized spacial score (nSPS) is 16.6. The summed E-state index contributed by atoms with van der Waals surface area (Å²) in [6.45, 7) is 4.40. The minimum absolute atomic E-state index is 0.0598. The van der Waals surface area contributed by atoms with Gasteiger partial charge in [-0.2, -0.15) is 4.31 Å². The fourth-order valence-corrected chi connectivity index (χ4v) is 5.45. The third-order valence-electron chi connectivity index (χ3n) is 5.41. The Hall–Kier alpha value is -2.95. The first kappa shape index (κ1) is 24.7. The molecule has 0 spiro atoms. The van der Waals surface area contributed by atoms with Crippen molar-refractivity contribution >= 4 is 27.6 Å². The molecule has 1 saturated heterocycles. The predicted molar refractivity (Wildman–Crippen MR) is 128 cm³/mol. The quantitative estimate of drug-likeness (QED) is 0.541. The van der Waals surface area contributed by atoms with Crippen LogP contribution in [0.2, 0.25) is 0 Å². The van der Waals surface area contributed by atoms with Crippen LogP contribution in [0.4, 0.5) is 10.5 Å². The van der Waals surface area contributed by atoms with E-state index in [4.69, 9.17) is 5.73 Å². The predicted octanol–water partition coefficient (Wildman–Crippen LogP) is 1.99. The van der Waals surface area contributed by atoms with E-state index in [0.717, 1.165) is 21.0 Å². The maximum absolute atomic E-state index is 13.2. The summed E-state index contributed by atoms with van der Waals surface area (Å²) in [5, 5.41) is 5.56. The lowest BCUT2D eigenvalue weighted by atomic mass is 10.1. The first-order valence-electron chi connectivity index (χ1n) is 10.9. The molecule has 1 unspecified atom stereocenters. The molecule has 9 nitrogen and oxygen atoms in total. The molecule has 0 saturated carbocycles. The highest BCUT2D eigenvalue weighted by Gasteiger charge is 2.45. The second-order valence-electron chi connectivity index (χ2n) is 8.04. The summed E-state index contributed by atoms with van der Waals surface area (Å²) in [6, 6.07) is 14.2. The number of sulfonamides is 1. The monoisotopic (exact) mass is 473 g/mol. The van der Waals surface area contributed by atoms with E-state index in [1.807, 2.05) is 43.3 Å². The molecule has 3 rings (SSSR count). The smallest absolute Gasteiger partial charge is 0.323 e. The number of nitrogens with zero attached hydrogens (tertiary/aromatic N) is 2. The maximum atomic E-state index is 13.2. The lowest BCUT2D eigenvalue weighted by molar-refractivity contribution is -0.127. The first-order chi connectivity index (χ1) is 15.7. The maximum Gasteiger partial charge on any atom is 0.323 e. The molecule has 2 aromatic rings. The molecule has 0 radical (unpaired) electrons. The second kappa shape index (κ2) is 10.8. The van der Waals surface area contributed by atoms with Crippen LogP contribution < -0.4 is 16.4 Å². The van der Waals surface area contributed by atoms with Gasteiger partial charge in [0.15, 0.2) is 6.17 Å². The van der Waals surface area contributed by atoms with Crippen molar-refractivity contribution in [3.05, 3.63) is 65.2 Å². The van der Waals surface area contributed by atoms with Crippen LogP contribution in [0.1, 0.15) is 30.0 Å². The molecule has 33 heavy (non-hydrogen) atoms. The van der Waals surface area contributed by atoms with Gasteiger partial charge in [-0.05, 0) is 42.2 Å². The van der Waals surface area contributed by atoms with E-state index in [0.29, 0.717) is 18.7 Å². The number of nitrogens with one attached hydrogen (secondary N) is 2. The standard InChI is InChI=1S/C23H31N5O4S/c1-3-12-33(31,32)28-11-10-27(23(30)26-20-9-4-6-17(2)13-20)22(28)21(29)25-16-19-8-5-7-18(14-19)15-24/h4-9,13-14,22H,3,10-12,15-16,24H2,1-2H3,(H,25,29)(H,26,30). The van der Waals surface area contributed by atoms with Crippen molar-refractivity contribution in [1.29, 1.82) is 0 Å². The van der Waals surface area contributed by atoms with Crippen LogP contribution >= 0.6 is 0 Å².